The van der Waals surface area contributed by atoms with Crippen LogP contribution in [0.3, 0.4) is 0 Å². The molecule has 3 nitrogen and oxygen atoms in total. The van der Waals surface area contributed by atoms with Crippen LogP contribution >= 0.6 is 15.9 Å². The van der Waals surface area contributed by atoms with E-state index in [0.717, 1.165) is 6.42 Å². The van der Waals surface area contributed by atoms with E-state index in [0.29, 0.717) is 18.1 Å². The molecule has 4 atom stereocenters. The Hall–Kier alpha value is -1.78. The van der Waals surface area contributed by atoms with Crippen LogP contribution in [0, 0.1) is 0 Å². The fourth-order valence-corrected chi connectivity index (χ4v) is 4.63. The lowest BCUT2D eigenvalue weighted by molar-refractivity contribution is 0.524. The molecule has 2 aliphatic carbocycles. The summed E-state index contributed by atoms with van der Waals surface area (Å²) in [6.45, 7) is 0. The van der Waals surface area contributed by atoms with Crippen molar-refractivity contribution in [2.45, 2.75) is 30.8 Å². The molecule has 0 radical (unpaired) electrons. The molecule has 4 aliphatic rings. The Balaban J connectivity index is 1.59. The SMILES string of the molecule is BrC1=CC=CC(N2c3ccccc3N3C4C=CC=CC4NC23)C1. The fraction of sp³-hybridized carbons (Fsp3) is 0.263. The molecule has 116 valence electrons. The van der Waals surface area contributed by atoms with Crippen molar-refractivity contribution in [3.63, 3.8) is 0 Å². The van der Waals surface area contributed by atoms with Crippen LogP contribution in [0.1, 0.15) is 6.42 Å². The summed E-state index contributed by atoms with van der Waals surface area (Å²) in [7, 11) is 0. The predicted molar refractivity (Wildman–Crippen MR) is 98.7 cm³/mol. The van der Waals surface area contributed by atoms with Crippen LogP contribution in [-0.2, 0) is 0 Å². The number of benzene rings is 1. The van der Waals surface area contributed by atoms with Crippen molar-refractivity contribution in [1.82, 2.24) is 5.32 Å². The van der Waals surface area contributed by atoms with Crippen molar-refractivity contribution in [3.05, 3.63) is 71.3 Å². The number of hydrogen-bond acceptors (Lipinski definition) is 3. The smallest absolute Gasteiger partial charge is 0.159 e. The summed E-state index contributed by atoms with van der Waals surface area (Å²) in [5, 5.41) is 3.81. The van der Waals surface area contributed by atoms with Gasteiger partial charge in [0.1, 0.15) is 0 Å². The second-order valence-corrected chi connectivity index (χ2v) is 7.42. The molecular weight excluding hydrogens is 350 g/mol. The third-order valence-corrected chi connectivity index (χ3v) is 5.69. The summed E-state index contributed by atoms with van der Waals surface area (Å²) in [6, 6.07) is 9.91. The third kappa shape index (κ3) is 1.98. The molecule has 0 spiro atoms. The maximum Gasteiger partial charge on any atom is 0.159 e. The van der Waals surface area contributed by atoms with E-state index in [9.17, 15) is 0 Å². The summed E-state index contributed by atoms with van der Waals surface area (Å²) in [4.78, 5) is 5.06. The van der Waals surface area contributed by atoms with Gasteiger partial charge in [0, 0.05) is 6.42 Å². The Labute approximate surface area is 144 Å². The van der Waals surface area contributed by atoms with Gasteiger partial charge in [0.15, 0.2) is 6.29 Å². The van der Waals surface area contributed by atoms with Crippen molar-refractivity contribution < 1.29 is 0 Å². The normalized spacial score (nSPS) is 33.5. The molecule has 1 fully saturated rings. The quantitative estimate of drug-likeness (QED) is 0.816. The minimum Gasteiger partial charge on any atom is -0.330 e. The topological polar surface area (TPSA) is 18.5 Å². The largest absolute Gasteiger partial charge is 0.330 e. The monoisotopic (exact) mass is 367 g/mol. The first-order valence-corrected chi connectivity index (χ1v) is 8.92. The standard InChI is InChI=1S/C19H18BrN3/c20-13-6-5-7-14(12-13)22-17-10-3-4-11-18(17)23-16-9-2-1-8-15(16)21-19(22)23/h1-11,14-16,19,21H,12H2. The number of nitrogens with zero attached hydrogens (tertiary/aromatic N) is 2. The van der Waals surface area contributed by atoms with Crippen molar-refractivity contribution in [1.29, 1.82) is 0 Å². The van der Waals surface area contributed by atoms with E-state index >= 15 is 0 Å². The average molecular weight is 368 g/mol. The molecule has 23 heavy (non-hydrogen) atoms. The van der Waals surface area contributed by atoms with Crippen molar-refractivity contribution in [3.8, 4) is 0 Å². The number of fused-ring (bicyclic) bond motifs is 5. The van der Waals surface area contributed by atoms with Crippen LogP contribution in [-0.4, -0.2) is 24.4 Å². The Morgan fingerprint density at radius 1 is 0.957 bits per heavy atom. The van der Waals surface area contributed by atoms with Crippen molar-refractivity contribution in [2.24, 2.45) is 0 Å². The van der Waals surface area contributed by atoms with Gasteiger partial charge in [-0.15, -0.1) is 0 Å². The van der Waals surface area contributed by atoms with Gasteiger partial charge in [-0.25, -0.2) is 0 Å². The third-order valence-electron chi connectivity index (χ3n) is 5.11. The molecule has 2 aliphatic heterocycles. The van der Waals surface area contributed by atoms with Crippen LogP contribution in [0.4, 0.5) is 11.4 Å². The molecule has 0 aromatic heterocycles. The maximum atomic E-state index is 3.81. The molecule has 1 aromatic carbocycles. The van der Waals surface area contributed by atoms with E-state index in [2.05, 4.69) is 97.8 Å². The highest BCUT2D eigenvalue weighted by atomic mass is 79.9. The number of rotatable bonds is 1. The summed E-state index contributed by atoms with van der Waals surface area (Å²) >= 11 is 3.68. The molecular formula is C19H18BrN3. The zero-order chi connectivity index (χ0) is 15.4. The molecule has 1 saturated heterocycles. The van der Waals surface area contributed by atoms with Gasteiger partial charge in [-0.05, 0) is 16.6 Å². The highest BCUT2D eigenvalue weighted by Crippen LogP contribution is 2.46. The maximum absolute atomic E-state index is 3.81. The minimum atomic E-state index is 0.211. The lowest BCUT2D eigenvalue weighted by atomic mass is 10.0. The summed E-state index contributed by atoms with van der Waals surface area (Å²) in [5.41, 5.74) is 2.65. The van der Waals surface area contributed by atoms with Gasteiger partial charge in [-0.3, -0.25) is 5.32 Å². The van der Waals surface area contributed by atoms with E-state index in [4.69, 9.17) is 0 Å². The molecule has 1 N–H and O–H groups in total. The number of halogens is 1. The average Bonchev–Trinajstić information content (AvgIpc) is 3.09. The Morgan fingerprint density at radius 3 is 2.57 bits per heavy atom. The zero-order valence-corrected chi connectivity index (χ0v) is 14.2. The highest BCUT2D eigenvalue weighted by molar-refractivity contribution is 9.11. The Kier molecular flexibility index (Phi) is 3.03. The molecule has 2 heterocycles. The highest BCUT2D eigenvalue weighted by Gasteiger charge is 2.49. The van der Waals surface area contributed by atoms with Gasteiger partial charge in [-0.1, -0.05) is 70.6 Å². The summed E-state index contributed by atoms with van der Waals surface area (Å²) < 4.78 is 1.26. The Morgan fingerprint density at radius 2 is 1.74 bits per heavy atom. The van der Waals surface area contributed by atoms with Crippen LogP contribution in [0.2, 0.25) is 0 Å². The molecule has 0 bridgehead atoms. The first-order valence-electron chi connectivity index (χ1n) is 8.12. The number of hydrogen-bond donors (Lipinski definition) is 1. The van der Waals surface area contributed by atoms with Gasteiger partial charge in [0.05, 0.1) is 29.5 Å². The molecule has 4 heteroatoms. The molecule has 4 unspecified atom stereocenters. The van der Waals surface area contributed by atoms with E-state index < -0.39 is 0 Å². The van der Waals surface area contributed by atoms with E-state index in [1.54, 1.807) is 0 Å². The predicted octanol–water partition coefficient (Wildman–Crippen LogP) is 3.67. The van der Waals surface area contributed by atoms with Crippen LogP contribution in [0.15, 0.2) is 71.3 Å². The summed E-state index contributed by atoms with van der Waals surface area (Å²) in [5.74, 6) is 0. The number of nitrogens with one attached hydrogen (secondary N) is 1. The Bertz CT molecular complexity index is 764. The number of para-hydroxylation sites is 2. The second kappa shape index (κ2) is 5.11. The van der Waals surface area contributed by atoms with Gasteiger partial charge in [-0.2, -0.15) is 0 Å². The second-order valence-electron chi connectivity index (χ2n) is 6.40. The van der Waals surface area contributed by atoms with E-state index in [1.165, 1.54) is 15.9 Å². The van der Waals surface area contributed by atoms with Gasteiger partial charge in [0.2, 0.25) is 0 Å². The lowest BCUT2D eigenvalue weighted by Crippen LogP contribution is -2.51. The van der Waals surface area contributed by atoms with Crippen LogP contribution in [0.25, 0.3) is 0 Å². The molecule has 0 amide bonds. The first kappa shape index (κ1) is 13.6. The van der Waals surface area contributed by atoms with Gasteiger partial charge < -0.3 is 9.80 Å². The summed E-state index contributed by atoms with van der Waals surface area (Å²) in [6.07, 6.45) is 16.7. The van der Waals surface area contributed by atoms with Gasteiger partial charge >= 0.3 is 0 Å². The molecule has 5 rings (SSSR count). The van der Waals surface area contributed by atoms with Crippen LogP contribution in [0.5, 0.6) is 0 Å². The van der Waals surface area contributed by atoms with Gasteiger partial charge in [0.25, 0.3) is 0 Å². The minimum absolute atomic E-state index is 0.211. The zero-order valence-electron chi connectivity index (χ0n) is 12.6. The van der Waals surface area contributed by atoms with E-state index in [-0.39, 0.29) is 6.29 Å². The van der Waals surface area contributed by atoms with Crippen molar-refractivity contribution >= 4 is 27.3 Å². The molecule has 1 aromatic rings. The number of allylic oxidation sites excluding steroid dienone is 4. The fourth-order valence-electron chi connectivity index (χ4n) is 4.15. The first-order chi connectivity index (χ1) is 11.3. The number of anilines is 2. The molecule has 0 saturated carbocycles. The van der Waals surface area contributed by atoms with Crippen molar-refractivity contribution in [2.75, 3.05) is 9.80 Å². The van der Waals surface area contributed by atoms with E-state index in [1.807, 2.05) is 0 Å². The van der Waals surface area contributed by atoms with Crippen LogP contribution < -0.4 is 15.1 Å². The lowest BCUT2D eigenvalue weighted by Gasteiger charge is -2.34.